The highest BCUT2D eigenvalue weighted by Gasteiger charge is 2.12. The predicted molar refractivity (Wildman–Crippen MR) is 68.7 cm³/mol. The highest BCUT2D eigenvalue weighted by Crippen LogP contribution is 2.15. The molecule has 0 saturated carbocycles. The molecule has 1 aromatic heterocycles. The number of aromatic nitrogens is 2. The van der Waals surface area contributed by atoms with E-state index in [9.17, 15) is 0 Å². The normalized spacial score (nSPS) is 10.3. The van der Waals surface area contributed by atoms with Crippen LogP contribution in [0.25, 0.3) is 0 Å². The van der Waals surface area contributed by atoms with Crippen molar-refractivity contribution < 1.29 is 0 Å². The van der Waals surface area contributed by atoms with Crippen molar-refractivity contribution in [2.75, 3.05) is 18.0 Å². The van der Waals surface area contributed by atoms with Crippen LogP contribution in [-0.4, -0.2) is 23.3 Å². The van der Waals surface area contributed by atoms with Crippen LogP contribution in [0.2, 0.25) is 0 Å². The standard InChI is InChI=1S/C13H20N4/c1-4-11(5-2)10-17(6-3)13-8-7-12(9-14)15-16-13/h7-8,11H,4-6,10H2,1-3H3. The molecule has 4 heteroatoms. The molecule has 0 aliphatic heterocycles. The highest BCUT2D eigenvalue weighted by molar-refractivity contribution is 5.38. The Balaban J connectivity index is 2.75. The Morgan fingerprint density at radius 3 is 2.35 bits per heavy atom. The maximum absolute atomic E-state index is 8.68. The first-order valence-electron chi connectivity index (χ1n) is 6.23. The van der Waals surface area contributed by atoms with Crippen LogP contribution in [0.15, 0.2) is 12.1 Å². The first-order valence-corrected chi connectivity index (χ1v) is 6.23. The molecule has 0 radical (unpaired) electrons. The van der Waals surface area contributed by atoms with Gasteiger partial charge >= 0.3 is 0 Å². The molecule has 1 rings (SSSR count). The molecule has 92 valence electrons. The minimum Gasteiger partial charge on any atom is -0.355 e. The molecular formula is C13H20N4. The molecule has 0 bridgehead atoms. The van der Waals surface area contributed by atoms with Crippen LogP contribution in [0.1, 0.15) is 39.3 Å². The lowest BCUT2D eigenvalue weighted by atomic mass is 10.0. The zero-order valence-corrected chi connectivity index (χ0v) is 10.8. The summed E-state index contributed by atoms with van der Waals surface area (Å²) in [5.41, 5.74) is 0.368. The SMILES string of the molecule is CCC(CC)CN(CC)c1ccc(C#N)nn1. The first kappa shape index (κ1) is 13.4. The smallest absolute Gasteiger partial charge is 0.163 e. The van der Waals surface area contributed by atoms with Gasteiger partial charge in [0.25, 0.3) is 0 Å². The van der Waals surface area contributed by atoms with Gasteiger partial charge in [0.1, 0.15) is 6.07 Å². The summed E-state index contributed by atoms with van der Waals surface area (Å²) in [5, 5.41) is 16.6. The summed E-state index contributed by atoms with van der Waals surface area (Å²) in [6.45, 7) is 8.46. The van der Waals surface area contributed by atoms with E-state index in [0.717, 1.165) is 18.9 Å². The second kappa shape index (κ2) is 6.85. The lowest BCUT2D eigenvalue weighted by molar-refractivity contribution is 0.484. The fraction of sp³-hybridized carbons (Fsp3) is 0.615. The van der Waals surface area contributed by atoms with Gasteiger partial charge in [-0.05, 0) is 25.0 Å². The van der Waals surface area contributed by atoms with Crippen LogP contribution >= 0.6 is 0 Å². The lowest BCUT2D eigenvalue weighted by Crippen LogP contribution is -2.29. The van der Waals surface area contributed by atoms with Crippen molar-refractivity contribution in [3.05, 3.63) is 17.8 Å². The van der Waals surface area contributed by atoms with Crippen molar-refractivity contribution in [1.82, 2.24) is 10.2 Å². The van der Waals surface area contributed by atoms with Crippen molar-refractivity contribution in [2.24, 2.45) is 5.92 Å². The molecule has 0 amide bonds. The van der Waals surface area contributed by atoms with Crippen molar-refractivity contribution in [3.63, 3.8) is 0 Å². The van der Waals surface area contributed by atoms with Crippen LogP contribution in [0.4, 0.5) is 5.82 Å². The number of anilines is 1. The predicted octanol–water partition coefficient (Wildman–Crippen LogP) is 2.61. The summed E-state index contributed by atoms with van der Waals surface area (Å²) < 4.78 is 0. The van der Waals surface area contributed by atoms with Crippen LogP contribution in [0.3, 0.4) is 0 Å². The monoisotopic (exact) mass is 232 g/mol. The zero-order chi connectivity index (χ0) is 12.7. The molecule has 0 atom stereocenters. The van der Waals surface area contributed by atoms with Gasteiger partial charge in [0, 0.05) is 13.1 Å². The van der Waals surface area contributed by atoms with Gasteiger partial charge in [-0.15, -0.1) is 10.2 Å². The molecule has 17 heavy (non-hydrogen) atoms. The zero-order valence-electron chi connectivity index (χ0n) is 10.8. The number of nitriles is 1. The fourth-order valence-electron chi connectivity index (χ4n) is 1.80. The van der Waals surface area contributed by atoms with E-state index < -0.39 is 0 Å². The van der Waals surface area contributed by atoms with E-state index in [1.165, 1.54) is 12.8 Å². The van der Waals surface area contributed by atoms with Gasteiger partial charge in [0.15, 0.2) is 11.5 Å². The minimum absolute atomic E-state index is 0.368. The third-order valence-corrected chi connectivity index (χ3v) is 3.10. The van der Waals surface area contributed by atoms with Crippen molar-refractivity contribution in [3.8, 4) is 6.07 Å². The van der Waals surface area contributed by atoms with Gasteiger partial charge in [-0.1, -0.05) is 26.7 Å². The van der Waals surface area contributed by atoms with E-state index in [4.69, 9.17) is 5.26 Å². The molecule has 0 aliphatic carbocycles. The Bertz CT molecular complexity index is 362. The lowest BCUT2D eigenvalue weighted by Gasteiger charge is -2.25. The number of nitrogens with zero attached hydrogens (tertiary/aromatic N) is 4. The summed E-state index contributed by atoms with van der Waals surface area (Å²) in [7, 11) is 0. The molecule has 0 fully saturated rings. The maximum atomic E-state index is 8.68. The third kappa shape index (κ3) is 3.70. The topological polar surface area (TPSA) is 52.8 Å². The Morgan fingerprint density at radius 2 is 1.94 bits per heavy atom. The van der Waals surface area contributed by atoms with Crippen molar-refractivity contribution in [1.29, 1.82) is 5.26 Å². The average molecular weight is 232 g/mol. The van der Waals surface area contributed by atoms with E-state index in [1.807, 2.05) is 12.1 Å². The largest absolute Gasteiger partial charge is 0.355 e. The van der Waals surface area contributed by atoms with Crippen LogP contribution in [-0.2, 0) is 0 Å². The second-order valence-electron chi connectivity index (χ2n) is 4.11. The van der Waals surface area contributed by atoms with Gasteiger partial charge < -0.3 is 4.90 Å². The van der Waals surface area contributed by atoms with Gasteiger partial charge in [0.2, 0.25) is 0 Å². The number of hydrogen-bond donors (Lipinski definition) is 0. The molecule has 0 N–H and O–H groups in total. The molecule has 4 nitrogen and oxygen atoms in total. The van der Waals surface area contributed by atoms with E-state index >= 15 is 0 Å². The molecule has 1 heterocycles. The Kier molecular flexibility index (Phi) is 5.41. The van der Waals surface area contributed by atoms with E-state index in [2.05, 4.69) is 35.9 Å². The summed E-state index contributed by atoms with van der Waals surface area (Å²) in [4.78, 5) is 2.21. The van der Waals surface area contributed by atoms with Gasteiger partial charge in [-0.3, -0.25) is 0 Å². The van der Waals surface area contributed by atoms with Crippen LogP contribution in [0.5, 0.6) is 0 Å². The van der Waals surface area contributed by atoms with E-state index in [-0.39, 0.29) is 0 Å². The minimum atomic E-state index is 0.368. The maximum Gasteiger partial charge on any atom is 0.163 e. The summed E-state index contributed by atoms with van der Waals surface area (Å²) in [6.07, 6.45) is 2.35. The molecule has 0 aromatic carbocycles. The summed E-state index contributed by atoms with van der Waals surface area (Å²) in [5.74, 6) is 1.55. The molecule has 0 spiro atoms. The molecule has 0 aliphatic rings. The summed E-state index contributed by atoms with van der Waals surface area (Å²) >= 11 is 0. The fourth-order valence-corrected chi connectivity index (χ4v) is 1.80. The molecule has 1 aromatic rings. The molecular weight excluding hydrogens is 212 g/mol. The molecule has 0 saturated heterocycles. The van der Waals surface area contributed by atoms with E-state index in [1.54, 1.807) is 6.07 Å². The van der Waals surface area contributed by atoms with Crippen LogP contribution in [0, 0.1) is 17.2 Å². The highest BCUT2D eigenvalue weighted by atomic mass is 15.3. The number of rotatable bonds is 6. The van der Waals surface area contributed by atoms with Gasteiger partial charge in [0.05, 0.1) is 0 Å². The van der Waals surface area contributed by atoms with Crippen molar-refractivity contribution in [2.45, 2.75) is 33.6 Å². The first-order chi connectivity index (χ1) is 8.24. The average Bonchev–Trinajstić information content (AvgIpc) is 2.40. The second-order valence-corrected chi connectivity index (χ2v) is 4.11. The summed E-state index contributed by atoms with van der Waals surface area (Å²) in [6, 6.07) is 5.57. The Hall–Kier alpha value is -1.63. The van der Waals surface area contributed by atoms with Crippen LogP contribution < -0.4 is 4.90 Å². The van der Waals surface area contributed by atoms with Gasteiger partial charge in [-0.2, -0.15) is 5.26 Å². The Labute approximate surface area is 103 Å². The quantitative estimate of drug-likeness (QED) is 0.756. The van der Waals surface area contributed by atoms with Gasteiger partial charge in [-0.25, -0.2) is 0 Å². The third-order valence-electron chi connectivity index (χ3n) is 3.10. The molecule has 0 unspecified atom stereocenters. The number of hydrogen-bond acceptors (Lipinski definition) is 4. The van der Waals surface area contributed by atoms with Crippen molar-refractivity contribution >= 4 is 5.82 Å². The Morgan fingerprint density at radius 1 is 1.24 bits per heavy atom. The van der Waals surface area contributed by atoms with E-state index in [0.29, 0.717) is 11.6 Å².